The van der Waals surface area contributed by atoms with Crippen LogP contribution in [-0.4, -0.2) is 32.4 Å². The Morgan fingerprint density at radius 1 is 1.31 bits per heavy atom. The Labute approximate surface area is 155 Å². The number of carbonyl (C=O) groups excluding carboxylic acids is 1. The third-order valence-electron chi connectivity index (χ3n) is 3.61. The van der Waals surface area contributed by atoms with Crippen molar-refractivity contribution in [2.24, 2.45) is 4.40 Å². The number of hydrogen-bond donors (Lipinski definition) is 4. The minimum atomic E-state index is -4.04. The number of rotatable bonds is 3. The molecule has 4 N–H and O–H groups in total. The summed E-state index contributed by atoms with van der Waals surface area (Å²) in [5.74, 6) is -0.528. The second kappa shape index (κ2) is 6.85. The van der Waals surface area contributed by atoms with Crippen LogP contribution in [-0.2, 0) is 21.2 Å². The summed E-state index contributed by atoms with van der Waals surface area (Å²) in [6, 6.07) is 9.34. The third kappa shape index (κ3) is 3.73. The summed E-state index contributed by atoms with van der Waals surface area (Å²) in [6.45, 7) is 0. The standard InChI is InChI=1S/C16H15ClN4O4S/c1-18-14(23)6-9-3-2-4-11(5-9)19-16-20-15-12(22)7-10(17)8-13(15)26(24,25)21-16/h2-5,7-8,22H,6H2,1H3,(H,18,23)(H2,19,20,21). The van der Waals surface area contributed by atoms with Gasteiger partial charge in [-0.25, -0.2) is 0 Å². The molecule has 136 valence electrons. The maximum Gasteiger partial charge on any atom is 0.287 e. The van der Waals surface area contributed by atoms with E-state index in [1.54, 1.807) is 31.3 Å². The quantitative estimate of drug-likeness (QED) is 0.590. The molecule has 8 nitrogen and oxygen atoms in total. The van der Waals surface area contributed by atoms with E-state index in [2.05, 4.69) is 20.3 Å². The maximum atomic E-state index is 12.3. The largest absolute Gasteiger partial charge is 0.506 e. The normalized spacial score (nSPS) is 14.6. The highest BCUT2D eigenvalue weighted by Crippen LogP contribution is 2.37. The zero-order valence-corrected chi connectivity index (χ0v) is 15.1. The molecule has 0 radical (unpaired) electrons. The van der Waals surface area contributed by atoms with Gasteiger partial charge in [0.1, 0.15) is 16.3 Å². The molecular weight excluding hydrogens is 380 g/mol. The lowest BCUT2D eigenvalue weighted by atomic mass is 10.1. The molecule has 2 aromatic carbocycles. The van der Waals surface area contributed by atoms with Crippen molar-refractivity contribution in [2.45, 2.75) is 11.3 Å². The van der Waals surface area contributed by atoms with Crippen LogP contribution in [0.5, 0.6) is 5.75 Å². The minimum absolute atomic E-state index is 0.00610. The van der Waals surface area contributed by atoms with Crippen molar-refractivity contribution in [3.8, 4) is 5.75 Å². The molecule has 1 aliphatic rings. The zero-order valence-electron chi connectivity index (χ0n) is 13.6. The first-order valence-corrected chi connectivity index (χ1v) is 9.31. The molecule has 1 amide bonds. The van der Waals surface area contributed by atoms with Crippen molar-refractivity contribution in [3.05, 3.63) is 47.0 Å². The first-order valence-electron chi connectivity index (χ1n) is 7.49. The van der Waals surface area contributed by atoms with Crippen LogP contribution in [0.3, 0.4) is 0 Å². The number of phenols is 1. The van der Waals surface area contributed by atoms with Crippen molar-refractivity contribution in [2.75, 3.05) is 17.7 Å². The van der Waals surface area contributed by atoms with Gasteiger partial charge in [-0.3, -0.25) is 4.79 Å². The van der Waals surface area contributed by atoms with Crippen LogP contribution >= 0.6 is 11.6 Å². The fourth-order valence-electron chi connectivity index (χ4n) is 2.43. The van der Waals surface area contributed by atoms with E-state index in [1.165, 1.54) is 12.1 Å². The van der Waals surface area contributed by atoms with Crippen LogP contribution in [0.4, 0.5) is 11.4 Å². The highest BCUT2D eigenvalue weighted by molar-refractivity contribution is 7.90. The van der Waals surface area contributed by atoms with Gasteiger partial charge in [0, 0.05) is 23.8 Å². The predicted molar refractivity (Wildman–Crippen MR) is 99.2 cm³/mol. The fraction of sp³-hybridized carbons (Fsp3) is 0.125. The first kappa shape index (κ1) is 18.0. The van der Waals surface area contributed by atoms with Gasteiger partial charge in [-0.15, -0.1) is 4.40 Å². The number of halogens is 1. The summed E-state index contributed by atoms with van der Waals surface area (Å²) in [7, 11) is -2.49. The Morgan fingerprint density at radius 2 is 2.08 bits per heavy atom. The molecule has 1 heterocycles. The molecule has 0 aromatic heterocycles. The van der Waals surface area contributed by atoms with Crippen molar-refractivity contribution in [1.82, 2.24) is 5.32 Å². The molecule has 2 aromatic rings. The van der Waals surface area contributed by atoms with Gasteiger partial charge in [-0.2, -0.15) is 8.42 Å². The summed E-state index contributed by atoms with van der Waals surface area (Å²) >= 11 is 5.80. The summed E-state index contributed by atoms with van der Waals surface area (Å²) in [5.41, 5.74) is 1.27. The highest BCUT2D eigenvalue weighted by Gasteiger charge is 2.28. The number of sulfonamides is 1. The molecule has 3 rings (SSSR count). The molecule has 0 unspecified atom stereocenters. The number of carbonyl (C=O) groups is 1. The van der Waals surface area contributed by atoms with Gasteiger partial charge in [0.2, 0.25) is 11.9 Å². The molecule has 0 bridgehead atoms. The molecule has 10 heteroatoms. The van der Waals surface area contributed by atoms with Crippen LogP contribution in [0.15, 0.2) is 45.7 Å². The molecule has 0 saturated carbocycles. The smallest absolute Gasteiger partial charge is 0.287 e. The van der Waals surface area contributed by atoms with E-state index >= 15 is 0 Å². The number of aromatic hydroxyl groups is 1. The monoisotopic (exact) mass is 394 g/mol. The van der Waals surface area contributed by atoms with E-state index in [9.17, 15) is 18.3 Å². The molecule has 0 fully saturated rings. The van der Waals surface area contributed by atoms with Gasteiger partial charge in [-0.1, -0.05) is 23.7 Å². The lowest BCUT2D eigenvalue weighted by Gasteiger charge is -2.20. The summed E-state index contributed by atoms with van der Waals surface area (Å²) in [5, 5.41) is 18.2. The van der Waals surface area contributed by atoms with E-state index in [1.807, 2.05) is 0 Å². The van der Waals surface area contributed by atoms with Crippen LogP contribution < -0.4 is 16.0 Å². The first-order chi connectivity index (χ1) is 12.3. The van der Waals surface area contributed by atoms with Gasteiger partial charge in [-0.05, 0) is 23.8 Å². The number of hydrogen-bond acceptors (Lipinski definition) is 6. The number of amides is 1. The Bertz CT molecular complexity index is 1020. The molecule has 0 aliphatic carbocycles. The van der Waals surface area contributed by atoms with Gasteiger partial charge in [0.05, 0.1) is 6.42 Å². The summed E-state index contributed by atoms with van der Waals surface area (Å²) in [6.07, 6.45) is 0.187. The Hall–Kier alpha value is -2.78. The summed E-state index contributed by atoms with van der Waals surface area (Å²) < 4.78 is 28.3. The van der Waals surface area contributed by atoms with Crippen LogP contribution in [0.2, 0.25) is 5.02 Å². The number of anilines is 2. The lowest BCUT2D eigenvalue weighted by molar-refractivity contribution is -0.119. The maximum absolute atomic E-state index is 12.3. The SMILES string of the molecule is CNC(=O)Cc1cccc(NC2=NS(=O)(=O)c3cc(Cl)cc(O)c3N2)c1. The number of guanidine groups is 1. The van der Waals surface area contributed by atoms with E-state index in [4.69, 9.17) is 11.6 Å². The Balaban J connectivity index is 1.89. The number of nitrogens with zero attached hydrogens (tertiary/aromatic N) is 1. The molecular formula is C16H15ClN4O4S. The average molecular weight is 395 g/mol. The van der Waals surface area contributed by atoms with Gasteiger partial charge in [0.25, 0.3) is 10.0 Å². The molecule has 26 heavy (non-hydrogen) atoms. The highest BCUT2D eigenvalue weighted by atomic mass is 35.5. The van der Waals surface area contributed by atoms with E-state index in [0.29, 0.717) is 5.69 Å². The Morgan fingerprint density at radius 3 is 2.81 bits per heavy atom. The second-order valence-electron chi connectivity index (χ2n) is 5.51. The number of benzene rings is 2. The van der Waals surface area contributed by atoms with Gasteiger partial charge in [0.15, 0.2) is 0 Å². The van der Waals surface area contributed by atoms with Gasteiger partial charge < -0.3 is 21.1 Å². The van der Waals surface area contributed by atoms with Crippen LogP contribution in [0, 0.1) is 0 Å². The van der Waals surface area contributed by atoms with Crippen molar-refractivity contribution in [1.29, 1.82) is 0 Å². The second-order valence-corrected chi connectivity index (χ2v) is 7.52. The number of likely N-dealkylation sites (N-methyl/N-ethyl adjacent to an activating group) is 1. The predicted octanol–water partition coefficient (Wildman–Crippen LogP) is 1.92. The van der Waals surface area contributed by atoms with E-state index in [-0.39, 0.29) is 39.6 Å². The number of phenolic OH excluding ortho intramolecular Hbond substituents is 1. The Kier molecular flexibility index (Phi) is 4.75. The van der Waals surface area contributed by atoms with Crippen molar-refractivity contribution >= 4 is 44.9 Å². The van der Waals surface area contributed by atoms with Crippen LogP contribution in [0.1, 0.15) is 5.56 Å². The van der Waals surface area contributed by atoms with Crippen molar-refractivity contribution < 1.29 is 18.3 Å². The van der Waals surface area contributed by atoms with E-state index in [0.717, 1.165) is 5.56 Å². The fourth-order valence-corrected chi connectivity index (χ4v) is 3.83. The average Bonchev–Trinajstić information content (AvgIpc) is 2.56. The number of nitrogens with one attached hydrogen (secondary N) is 3. The topological polar surface area (TPSA) is 120 Å². The van der Waals surface area contributed by atoms with Crippen molar-refractivity contribution in [3.63, 3.8) is 0 Å². The molecule has 0 spiro atoms. The minimum Gasteiger partial charge on any atom is -0.506 e. The molecule has 1 aliphatic heterocycles. The van der Waals surface area contributed by atoms with E-state index < -0.39 is 10.0 Å². The van der Waals surface area contributed by atoms with Gasteiger partial charge >= 0.3 is 0 Å². The number of fused-ring (bicyclic) bond motifs is 1. The third-order valence-corrected chi connectivity index (χ3v) is 5.13. The molecule has 0 atom stereocenters. The molecule has 0 saturated heterocycles. The lowest BCUT2D eigenvalue weighted by Crippen LogP contribution is -2.28. The van der Waals surface area contributed by atoms with Crippen LogP contribution in [0.25, 0.3) is 0 Å². The zero-order chi connectivity index (χ0) is 18.9. The summed E-state index contributed by atoms with van der Waals surface area (Å²) in [4.78, 5) is 11.3.